The zero-order chi connectivity index (χ0) is 8.54. The molecule has 0 saturated carbocycles. The van der Waals surface area contributed by atoms with Crippen LogP contribution in [-0.2, 0) is 10.0 Å². The minimum Gasteiger partial charge on any atom is -0.617 e. The maximum Gasteiger partial charge on any atom is 0.293 e. The number of rotatable bonds is 1. The van der Waals surface area contributed by atoms with Crippen LogP contribution in [-0.4, -0.2) is 31.8 Å². The van der Waals surface area contributed by atoms with Gasteiger partial charge in [-0.05, 0) is 19.3 Å². The molecule has 66 valence electrons. The fourth-order valence-electron chi connectivity index (χ4n) is 1.33. The molecular formula is C6H13NO3S. The van der Waals surface area contributed by atoms with E-state index in [1.54, 1.807) is 0 Å². The normalized spacial score (nSPS) is 24.9. The Bertz CT molecular complexity index is 228. The average molecular weight is 179 g/mol. The van der Waals surface area contributed by atoms with Crippen molar-refractivity contribution < 1.29 is 12.5 Å². The first-order valence-electron chi connectivity index (χ1n) is 3.74. The van der Waals surface area contributed by atoms with E-state index >= 15 is 0 Å². The van der Waals surface area contributed by atoms with Gasteiger partial charge in [-0.3, -0.25) is 4.05 Å². The van der Waals surface area contributed by atoms with Crippen LogP contribution in [0.3, 0.4) is 0 Å². The van der Waals surface area contributed by atoms with Crippen molar-refractivity contribution in [2.75, 3.05) is 19.3 Å². The summed E-state index contributed by atoms with van der Waals surface area (Å²) in [7, 11) is -3.44. The van der Waals surface area contributed by atoms with Crippen LogP contribution in [0.5, 0.6) is 0 Å². The first-order chi connectivity index (χ1) is 4.96. The van der Waals surface area contributed by atoms with E-state index in [0.717, 1.165) is 25.5 Å². The Morgan fingerprint density at radius 2 is 1.64 bits per heavy atom. The van der Waals surface area contributed by atoms with Crippen molar-refractivity contribution in [1.29, 1.82) is 0 Å². The highest BCUT2D eigenvalue weighted by Crippen LogP contribution is 2.20. The number of nitrogens with zero attached hydrogens (tertiary/aromatic N) is 1. The number of sulfonamides is 1. The van der Waals surface area contributed by atoms with Crippen molar-refractivity contribution in [3.63, 3.8) is 0 Å². The summed E-state index contributed by atoms with van der Waals surface area (Å²) in [5.74, 6) is 0. The summed E-state index contributed by atoms with van der Waals surface area (Å²) in [4.78, 5) is 0. The molecule has 1 rings (SSSR count). The maximum atomic E-state index is 11.5. The molecule has 0 aromatic carbocycles. The summed E-state index contributed by atoms with van der Waals surface area (Å²) in [6, 6.07) is 0. The average Bonchev–Trinajstić information content (AvgIpc) is 1.87. The zero-order valence-electron chi connectivity index (χ0n) is 6.62. The Balaban J connectivity index is 2.81. The Labute approximate surface area is 67.0 Å². The summed E-state index contributed by atoms with van der Waals surface area (Å²) in [5.41, 5.74) is 0. The molecule has 0 radical (unpaired) electrons. The molecule has 5 heteroatoms. The first-order valence-corrected chi connectivity index (χ1v) is 5.59. The molecule has 1 aliphatic rings. The molecule has 4 nitrogen and oxygen atoms in total. The largest absolute Gasteiger partial charge is 0.617 e. The second-order valence-electron chi connectivity index (χ2n) is 3.06. The van der Waals surface area contributed by atoms with Gasteiger partial charge in [0.15, 0.2) is 0 Å². The van der Waals surface area contributed by atoms with Crippen molar-refractivity contribution in [2.24, 2.45) is 0 Å². The summed E-state index contributed by atoms with van der Waals surface area (Å²) in [5, 5.41) is 11.5. The van der Waals surface area contributed by atoms with Crippen LogP contribution in [0.2, 0.25) is 0 Å². The minimum atomic E-state index is -3.44. The Morgan fingerprint density at radius 1 is 1.18 bits per heavy atom. The molecule has 0 bridgehead atoms. The Hall–Kier alpha value is -0.130. The molecule has 1 fully saturated rings. The summed E-state index contributed by atoms with van der Waals surface area (Å²) in [6.45, 7) is 0.470. The fourth-order valence-corrected chi connectivity index (χ4v) is 2.25. The Morgan fingerprint density at radius 3 is 1.91 bits per heavy atom. The third kappa shape index (κ3) is 1.72. The lowest BCUT2D eigenvalue weighted by Gasteiger charge is -2.41. The molecule has 1 saturated heterocycles. The molecule has 1 heterocycles. The van der Waals surface area contributed by atoms with Gasteiger partial charge in [-0.15, -0.1) is 0 Å². The van der Waals surface area contributed by atoms with E-state index in [2.05, 4.69) is 0 Å². The minimum absolute atomic E-state index is 0.235. The van der Waals surface area contributed by atoms with Crippen molar-refractivity contribution >= 4 is 10.0 Å². The van der Waals surface area contributed by atoms with Crippen LogP contribution in [0.15, 0.2) is 0 Å². The molecule has 1 aliphatic heterocycles. The van der Waals surface area contributed by atoms with E-state index in [1.807, 2.05) is 0 Å². The third-order valence-corrected chi connectivity index (χ3v) is 3.68. The van der Waals surface area contributed by atoms with E-state index < -0.39 is 14.1 Å². The van der Waals surface area contributed by atoms with Gasteiger partial charge in [0.1, 0.15) is 0 Å². The highest BCUT2D eigenvalue weighted by Gasteiger charge is 2.30. The van der Waals surface area contributed by atoms with Gasteiger partial charge in [-0.25, -0.2) is 0 Å². The molecule has 11 heavy (non-hydrogen) atoms. The summed E-state index contributed by atoms with van der Waals surface area (Å²) in [6.07, 6.45) is 3.47. The van der Waals surface area contributed by atoms with Crippen molar-refractivity contribution in [3.05, 3.63) is 5.21 Å². The van der Waals surface area contributed by atoms with Crippen LogP contribution in [0, 0.1) is 5.21 Å². The maximum absolute atomic E-state index is 11.5. The van der Waals surface area contributed by atoms with Crippen LogP contribution < -0.4 is 0 Å². The lowest BCUT2D eigenvalue weighted by molar-refractivity contribution is -0.758. The SMILES string of the molecule is CS(=O)(=O)[N+]1([O-])CCCCC1. The topological polar surface area (TPSA) is 57.2 Å². The van der Waals surface area contributed by atoms with E-state index in [9.17, 15) is 13.6 Å². The van der Waals surface area contributed by atoms with Crippen molar-refractivity contribution in [1.82, 2.24) is 0 Å². The van der Waals surface area contributed by atoms with Crippen LogP contribution in [0.1, 0.15) is 19.3 Å². The molecule has 0 amide bonds. The summed E-state index contributed by atoms with van der Waals surface area (Å²) < 4.78 is 20.9. The van der Waals surface area contributed by atoms with E-state index in [-0.39, 0.29) is 13.1 Å². The number of quaternary nitrogens is 1. The van der Waals surface area contributed by atoms with E-state index in [1.165, 1.54) is 0 Å². The monoisotopic (exact) mass is 179 g/mol. The highest BCUT2D eigenvalue weighted by molar-refractivity contribution is 7.85. The smallest absolute Gasteiger partial charge is 0.293 e. The molecule has 0 unspecified atom stereocenters. The molecule has 0 aromatic heterocycles. The quantitative estimate of drug-likeness (QED) is 0.433. The van der Waals surface area contributed by atoms with Gasteiger partial charge in [-0.1, -0.05) is 0 Å². The van der Waals surface area contributed by atoms with Gasteiger partial charge in [0, 0.05) is 0 Å². The third-order valence-electron chi connectivity index (χ3n) is 2.10. The second kappa shape index (κ2) is 2.73. The fraction of sp³-hybridized carbons (Fsp3) is 1.00. The van der Waals surface area contributed by atoms with Crippen LogP contribution >= 0.6 is 0 Å². The molecule has 0 N–H and O–H groups in total. The van der Waals surface area contributed by atoms with Gasteiger partial charge < -0.3 is 5.21 Å². The standard InChI is InChI=1S/C6H13NO3S/c1-11(9,10)7(8)5-3-2-4-6-7/h2-6H2,1H3. The van der Waals surface area contributed by atoms with Crippen molar-refractivity contribution in [2.45, 2.75) is 19.3 Å². The van der Waals surface area contributed by atoms with Gasteiger partial charge in [0.25, 0.3) is 10.0 Å². The second-order valence-corrected chi connectivity index (χ2v) is 5.19. The molecule has 0 spiro atoms. The number of hydrogen-bond acceptors (Lipinski definition) is 3. The predicted molar refractivity (Wildman–Crippen MR) is 42.1 cm³/mol. The lowest BCUT2D eigenvalue weighted by atomic mass is 10.2. The van der Waals surface area contributed by atoms with E-state index in [4.69, 9.17) is 0 Å². The first kappa shape index (κ1) is 8.96. The van der Waals surface area contributed by atoms with Gasteiger partial charge >= 0.3 is 0 Å². The molecule has 0 atom stereocenters. The Kier molecular flexibility index (Phi) is 2.22. The zero-order valence-corrected chi connectivity index (χ0v) is 7.43. The molecule has 0 aliphatic carbocycles. The number of piperidine rings is 1. The number of hydrogen-bond donors (Lipinski definition) is 0. The van der Waals surface area contributed by atoms with Gasteiger partial charge in [0.05, 0.1) is 19.3 Å². The lowest BCUT2D eigenvalue weighted by Crippen LogP contribution is -2.50. The van der Waals surface area contributed by atoms with E-state index in [0.29, 0.717) is 0 Å². The van der Waals surface area contributed by atoms with Crippen LogP contribution in [0.4, 0.5) is 0 Å². The summed E-state index contributed by atoms with van der Waals surface area (Å²) >= 11 is 0. The van der Waals surface area contributed by atoms with Crippen LogP contribution in [0.25, 0.3) is 0 Å². The van der Waals surface area contributed by atoms with Crippen molar-refractivity contribution in [3.8, 4) is 0 Å². The molecule has 0 aromatic rings. The van der Waals surface area contributed by atoms with Gasteiger partial charge in [0.2, 0.25) is 0 Å². The highest BCUT2D eigenvalue weighted by atomic mass is 32.2. The van der Waals surface area contributed by atoms with Gasteiger partial charge in [-0.2, -0.15) is 8.42 Å². The molecular weight excluding hydrogens is 166 g/mol. The predicted octanol–water partition coefficient (Wildman–Crippen LogP) is 0.445. The number of hydroxylamine groups is 2.